The highest BCUT2D eigenvalue weighted by Gasteiger charge is 2.04. The van der Waals surface area contributed by atoms with E-state index in [-0.39, 0.29) is 0 Å². The molecule has 3 aromatic rings. The molecule has 0 aliphatic rings. The molecule has 78 valence electrons. The van der Waals surface area contributed by atoms with Crippen LogP contribution in [0.3, 0.4) is 0 Å². The molecule has 0 radical (unpaired) electrons. The molecular formula is C14H8F2. The number of rotatable bonds is 0. The molecule has 0 bridgehead atoms. The second-order valence-corrected chi connectivity index (χ2v) is 3.81. The van der Waals surface area contributed by atoms with Gasteiger partial charge < -0.3 is 0 Å². The lowest BCUT2D eigenvalue weighted by Crippen LogP contribution is -1.84. The van der Waals surface area contributed by atoms with Crippen LogP contribution in [0.4, 0.5) is 8.78 Å². The highest BCUT2D eigenvalue weighted by molar-refractivity contribution is 5.98. The highest BCUT2D eigenvalue weighted by Crippen LogP contribution is 2.24. The molecule has 0 heterocycles. The van der Waals surface area contributed by atoms with Crippen molar-refractivity contribution in [3.63, 3.8) is 0 Å². The average Bonchev–Trinajstić information content (AvgIpc) is 2.28. The molecule has 0 saturated heterocycles. The maximum atomic E-state index is 13.1. The van der Waals surface area contributed by atoms with E-state index in [4.69, 9.17) is 0 Å². The molecule has 0 aliphatic heterocycles. The van der Waals surface area contributed by atoms with E-state index >= 15 is 0 Å². The van der Waals surface area contributed by atoms with Crippen molar-refractivity contribution in [1.82, 2.24) is 0 Å². The predicted molar refractivity (Wildman–Crippen MR) is 61.4 cm³/mol. The van der Waals surface area contributed by atoms with Crippen LogP contribution < -0.4 is 0 Å². The number of halogens is 2. The summed E-state index contributed by atoms with van der Waals surface area (Å²) < 4.78 is 26.1. The van der Waals surface area contributed by atoms with Crippen LogP contribution in [0.5, 0.6) is 0 Å². The summed E-state index contributed by atoms with van der Waals surface area (Å²) in [5, 5.41) is 3.50. The lowest BCUT2D eigenvalue weighted by Gasteiger charge is -2.02. The van der Waals surface area contributed by atoms with Gasteiger partial charge in [-0.3, -0.25) is 0 Å². The monoisotopic (exact) mass is 214 g/mol. The number of hydrogen-bond acceptors (Lipinski definition) is 0. The standard InChI is InChI=1S/C14H8F2/c15-13-7-11-5-9-3-1-2-4-10(9)6-12(11)8-14(13)16/h1-8H. The minimum Gasteiger partial charge on any atom is -0.204 e. The number of fused-ring (bicyclic) bond motifs is 2. The summed E-state index contributed by atoms with van der Waals surface area (Å²) >= 11 is 0. The van der Waals surface area contributed by atoms with Crippen LogP contribution in [0.15, 0.2) is 48.5 Å². The molecule has 0 nitrogen and oxygen atoms in total. The van der Waals surface area contributed by atoms with Gasteiger partial charge in [0.2, 0.25) is 0 Å². The van der Waals surface area contributed by atoms with E-state index in [2.05, 4.69) is 0 Å². The summed E-state index contributed by atoms with van der Waals surface area (Å²) in [4.78, 5) is 0. The fourth-order valence-corrected chi connectivity index (χ4v) is 1.94. The van der Waals surface area contributed by atoms with Gasteiger partial charge in [-0.05, 0) is 45.8 Å². The predicted octanol–water partition coefficient (Wildman–Crippen LogP) is 4.27. The number of hydrogen-bond donors (Lipinski definition) is 0. The van der Waals surface area contributed by atoms with E-state index in [1.807, 2.05) is 36.4 Å². The second-order valence-electron chi connectivity index (χ2n) is 3.81. The summed E-state index contributed by atoms with van der Waals surface area (Å²) in [6, 6.07) is 14.0. The molecule has 0 fully saturated rings. The Hall–Kier alpha value is -1.96. The smallest absolute Gasteiger partial charge is 0.159 e. The van der Waals surface area contributed by atoms with Crippen molar-refractivity contribution in [2.24, 2.45) is 0 Å². The van der Waals surface area contributed by atoms with Gasteiger partial charge in [-0.2, -0.15) is 0 Å². The molecule has 0 aliphatic carbocycles. The van der Waals surface area contributed by atoms with E-state index < -0.39 is 11.6 Å². The van der Waals surface area contributed by atoms with Gasteiger partial charge in [0, 0.05) is 0 Å². The van der Waals surface area contributed by atoms with Gasteiger partial charge in [-0.1, -0.05) is 24.3 Å². The third-order valence-electron chi connectivity index (χ3n) is 2.74. The van der Waals surface area contributed by atoms with Gasteiger partial charge in [-0.15, -0.1) is 0 Å². The SMILES string of the molecule is Fc1cc2cc3ccccc3cc2cc1F. The number of benzene rings is 3. The lowest BCUT2D eigenvalue weighted by molar-refractivity contribution is 0.511. The van der Waals surface area contributed by atoms with Crippen molar-refractivity contribution in [1.29, 1.82) is 0 Å². The molecule has 0 atom stereocenters. The van der Waals surface area contributed by atoms with Crippen LogP contribution >= 0.6 is 0 Å². The van der Waals surface area contributed by atoms with Crippen LogP contribution in [0.1, 0.15) is 0 Å². The van der Waals surface area contributed by atoms with E-state index in [0.717, 1.165) is 21.5 Å². The Morgan fingerprint density at radius 1 is 0.562 bits per heavy atom. The Kier molecular flexibility index (Phi) is 1.90. The minimum absolute atomic E-state index is 0.720. The van der Waals surface area contributed by atoms with E-state index in [0.29, 0.717) is 0 Å². The van der Waals surface area contributed by atoms with Crippen LogP contribution in [0.25, 0.3) is 21.5 Å². The fourth-order valence-electron chi connectivity index (χ4n) is 1.94. The van der Waals surface area contributed by atoms with E-state index in [9.17, 15) is 8.78 Å². The van der Waals surface area contributed by atoms with Crippen molar-refractivity contribution in [3.05, 3.63) is 60.2 Å². The van der Waals surface area contributed by atoms with Crippen molar-refractivity contribution < 1.29 is 8.78 Å². The molecular weight excluding hydrogens is 206 g/mol. The largest absolute Gasteiger partial charge is 0.204 e. The summed E-state index contributed by atoms with van der Waals surface area (Å²) in [5.74, 6) is -1.61. The zero-order valence-corrected chi connectivity index (χ0v) is 8.37. The third kappa shape index (κ3) is 1.34. The summed E-state index contributed by atoms with van der Waals surface area (Å²) in [6.07, 6.45) is 0. The molecule has 0 amide bonds. The van der Waals surface area contributed by atoms with Crippen LogP contribution in [0, 0.1) is 11.6 Å². The molecule has 3 rings (SSSR count). The van der Waals surface area contributed by atoms with Gasteiger partial charge >= 0.3 is 0 Å². The normalized spacial score (nSPS) is 11.1. The first-order valence-electron chi connectivity index (χ1n) is 5.01. The topological polar surface area (TPSA) is 0 Å². The highest BCUT2D eigenvalue weighted by atomic mass is 19.2. The Bertz CT molecular complexity index is 627. The fraction of sp³-hybridized carbons (Fsp3) is 0. The van der Waals surface area contributed by atoms with Gasteiger partial charge in [0.15, 0.2) is 11.6 Å². The van der Waals surface area contributed by atoms with Crippen LogP contribution in [-0.4, -0.2) is 0 Å². The molecule has 3 aromatic carbocycles. The van der Waals surface area contributed by atoms with Crippen molar-refractivity contribution in [2.75, 3.05) is 0 Å². The van der Waals surface area contributed by atoms with Crippen molar-refractivity contribution in [2.45, 2.75) is 0 Å². The molecule has 0 aromatic heterocycles. The summed E-state index contributed by atoms with van der Waals surface area (Å²) in [5.41, 5.74) is 0. The molecule has 0 unspecified atom stereocenters. The molecule has 0 N–H and O–H groups in total. The third-order valence-corrected chi connectivity index (χ3v) is 2.74. The Morgan fingerprint density at radius 2 is 1.00 bits per heavy atom. The van der Waals surface area contributed by atoms with Crippen molar-refractivity contribution >= 4 is 21.5 Å². The summed E-state index contributed by atoms with van der Waals surface area (Å²) in [7, 11) is 0. The Labute approximate surface area is 91.1 Å². The maximum Gasteiger partial charge on any atom is 0.159 e. The van der Waals surface area contributed by atoms with Gasteiger partial charge in [-0.25, -0.2) is 8.78 Å². The van der Waals surface area contributed by atoms with Crippen LogP contribution in [-0.2, 0) is 0 Å². The zero-order valence-electron chi connectivity index (χ0n) is 8.37. The van der Waals surface area contributed by atoms with Crippen LogP contribution in [0.2, 0.25) is 0 Å². The quantitative estimate of drug-likeness (QED) is 0.490. The minimum atomic E-state index is -0.803. The zero-order chi connectivity index (χ0) is 11.1. The van der Waals surface area contributed by atoms with Gasteiger partial charge in [0.05, 0.1) is 0 Å². The van der Waals surface area contributed by atoms with E-state index in [1.165, 1.54) is 12.1 Å². The Morgan fingerprint density at radius 3 is 1.44 bits per heavy atom. The average molecular weight is 214 g/mol. The molecule has 16 heavy (non-hydrogen) atoms. The summed E-state index contributed by atoms with van der Waals surface area (Å²) in [6.45, 7) is 0. The second kappa shape index (κ2) is 3.27. The lowest BCUT2D eigenvalue weighted by atomic mass is 10.0. The Balaban J connectivity index is 2.46. The molecule has 0 saturated carbocycles. The van der Waals surface area contributed by atoms with Crippen molar-refractivity contribution in [3.8, 4) is 0 Å². The molecule has 0 spiro atoms. The first-order chi connectivity index (χ1) is 7.74. The van der Waals surface area contributed by atoms with Gasteiger partial charge in [0.1, 0.15) is 0 Å². The molecule has 2 heteroatoms. The first kappa shape index (κ1) is 9.28. The maximum absolute atomic E-state index is 13.1. The first-order valence-corrected chi connectivity index (χ1v) is 5.01. The van der Waals surface area contributed by atoms with Gasteiger partial charge in [0.25, 0.3) is 0 Å². The van der Waals surface area contributed by atoms with E-state index in [1.54, 1.807) is 0 Å².